The number of carbonyl (C=O) groups is 2. The summed E-state index contributed by atoms with van der Waals surface area (Å²) in [6.45, 7) is 3.57. The van der Waals surface area contributed by atoms with Crippen LogP contribution in [0.1, 0.15) is 45.1 Å². The largest absolute Gasteiger partial charge is 0.481 e. The van der Waals surface area contributed by atoms with E-state index in [0.29, 0.717) is 31.4 Å². The lowest BCUT2D eigenvalue weighted by molar-refractivity contribution is -0.147. The fraction of sp³-hybridized carbons (Fsp3) is 0.529. The second-order valence-corrected chi connectivity index (χ2v) is 6.64. The summed E-state index contributed by atoms with van der Waals surface area (Å²) in [5.41, 5.74) is -0.831. The molecule has 0 heterocycles. The fourth-order valence-corrected chi connectivity index (χ4v) is 2.73. The Bertz CT molecular complexity index is 579. The standard InChI is InChI=1S/C17H22FNO3/c1-16(2,15(21)22)9-10-19-14(20)17(7-4-8-17)12-5-3-6-13(18)11-12/h3,5-6,11H,4,7-10H2,1-2H3,(H,19,20)(H,21,22). The molecule has 0 radical (unpaired) electrons. The van der Waals surface area contributed by atoms with Gasteiger partial charge in [0.15, 0.2) is 0 Å². The summed E-state index contributed by atoms with van der Waals surface area (Å²) in [7, 11) is 0. The molecule has 2 rings (SSSR count). The highest BCUT2D eigenvalue weighted by Crippen LogP contribution is 2.44. The van der Waals surface area contributed by atoms with E-state index >= 15 is 0 Å². The van der Waals surface area contributed by atoms with E-state index in [9.17, 15) is 14.0 Å². The van der Waals surface area contributed by atoms with Gasteiger partial charge in [-0.3, -0.25) is 9.59 Å². The van der Waals surface area contributed by atoms with E-state index in [2.05, 4.69) is 5.32 Å². The number of rotatable bonds is 6. The average Bonchev–Trinajstić information content (AvgIpc) is 2.37. The van der Waals surface area contributed by atoms with Gasteiger partial charge in [-0.2, -0.15) is 0 Å². The summed E-state index contributed by atoms with van der Waals surface area (Å²) in [5, 5.41) is 11.9. The molecule has 1 amide bonds. The van der Waals surface area contributed by atoms with E-state index in [0.717, 1.165) is 6.42 Å². The van der Waals surface area contributed by atoms with E-state index in [1.807, 2.05) is 0 Å². The Morgan fingerprint density at radius 3 is 2.55 bits per heavy atom. The van der Waals surface area contributed by atoms with Gasteiger partial charge in [0.25, 0.3) is 0 Å². The number of carboxylic acid groups (broad SMARTS) is 1. The van der Waals surface area contributed by atoms with E-state index in [1.54, 1.807) is 26.0 Å². The van der Waals surface area contributed by atoms with Gasteiger partial charge in [0, 0.05) is 6.54 Å². The zero-order valence-electron chi connectivity index (χ0n) is 13.0. The minimum Gasteiger partial charge on any atom is -0.481 e. The maximum Gasteiger partial charge on any atom is 0.309 e. The van der Waals surface area contributed by atoms with E-state index in [4.69, 9.17) is 5.11 Å². The highest BCUT2D eigenvalue weighted by Gasteiger charge is 2.45. The number of amides is 1. The quantitative estimate of drug-likeness (QED) is 0.849. The van der Waals surface area contributed by atoms with Crippen LogP contribution in [0.4, 0.5) is 4.39 Å². The van der Waals surface area contributed by atoms with Crippen molar-refractivity contribution in [3.8, 4) is 0 Å². The topological polar surface area (TPSA) is 66.4 Å². The number of aliphatic carboxylic acids is 1. The molecule has 5 heteroatoms. The highest BCUT2D eigenvalue weighted by molar-refractivity contribution is 5.89. The van der Waals surface area contributed by atoms with Crippen molar-refractivity contribution in [3.63, 3.8) is 0 Å². The van der Waals surface area contributed by atoms with Gasteiger partial charge >= 0.3 is 5.97 Å². The second kappa shape index (κ2) is 6.07. The lowest BCUT2D eigenvalue weighted by Crippen LogP contribution is -2.50. The first-order valence-corrected chi connectivity index (χ1v) is 7.56. The molecule has 1 aliphatic carbocycles. The zero-order chi connectivity index (χ0) is 16.4. The van der Waals surface area contributed by atoms with Crippen LogP contribution in [0.5, 0.6) is 0 Å². The highest BCUT2D eigenvalue weighted by atomic mass is 19.1. The summed E-state index contributed by atoms with van der Waals surface area (Å²) >= 11 is 0. The third-order valence-corrected chi connectivity index (χ3v) is 4.63. The van der Waals surface area contributed by atoms with Gasteiger partial charge in [0.05, 0.1) is 10.8 Å². The maximum absolute atomic E-state index is 13.4. The molecule has 0 aliphatic heterocycles. The summed E-state index contributed by atoms with van der Waals surface area (Å²) in [5.74, 6) is -1.36. The van der Waals surface area contributed by atoms with Gasteiger partial charge in [-0.25, -0.2) is 4.39 Å². The van der Waals surface area contributed by atoms with E-state index in [-0.39, 0.29) is 11.7 Å². The van der Waals surface area contributed by atoms with Gasteiger partial charge in [-0.15, -0.1) is 0 Å². The summed E-state index contributed by atoms with van der Waals surface area (Å²) in [6.07, 6.45) is 2.69. The molecule has 0 unspecified atom stereocenters. The van der Waals surface area contributed by atoms with Crippen LogP contribution in [0.3, 0.4) is 0 Å². The fourth-order valence-electron chi connectivity index (χ4n) is 2.73. The molecular formula is C17H22FNO3. The smallest absolute Gasteiger partial charge is 0.309 e. The molecule has 1 aromatic rings. The van der Waals surface area contributed by atoms with Crippen molar-refractivity contribution in [3.05, 3.63) is 35.6 Å². The first kappa shape index (κ1) is 16.5. The molecule has 1 fully saturated rings. The third kappa shape index (κ3) is 3.13. The van der Waals surface area contributed by atoms with Crippen molar-refractivity contribution in [1.82, 2.24) is 5.32 Å². The van der Waals surface area contributed by atoms with Crippen LogP contribution in [0, 0.1) is 11.2 Å². The monoisotopic (exact) mass is 307 g/mol. The van der Waals surface area contributed by atoms with Gasteiger partial charge in [-0.1, -0.05) is 18.6 Å². The lowest BCUT2D eigenvalue weighted by atomic mass is 9.63. The lowest BCUT2D eigenvalue weighted by Gasteiger charge is -2.41. The van der Waals surface area contributed by atoms with Crippen molar-refractivity contribution >= 4 is 11.9 Å². The predicted octanol–water partition coefficient (Wildman–Crippen LogP) is 2.86. The van der Waals surface area contributed by atoms with Crippen LogP contribution in [0.15, 0.2) is 24.3 Å². The van der Waals surface area contributed by atoms with Crippen LogP contribution in [0.25, 0.3) is 0 Å². The molecule has 0 bridgehead atoms. The Morgan fingerprint density at radius 1 is 1.36 bits per heavy atom. The molecule has 1 aromatic carbocycles. The number of carboxylic acids is 1. The van der Waals surface area contributed by atoms with Gasteiger partial charge in [0.1, 0.15) is 5.82 Å². The van der Waals surface area contributed by atoms with E-state index < -0.39 is 16.8 Å². The first-order valence-electron chi connectivity index (χ1n) is 7.56. The molecule has 120 valence electrons. The predicted molar refractivity (Wildman–Crippen MR) is 81.0 cm³/mol. The molecule has 2 N–H and O–H groups in total. The SMILES string of the molecule is CC(C)(CCNC(=O)C1(c2cccc(F)c2)CCC1)C(=O)O. The molecule has 0 aromatic heterocycles. The van der Waals surface area contributed by atoms with Crippen molar-refractivity contribution in [1.29, 1.82) is 0 Å². The van der Waals surface area contributed by atoms with Crippen LogP contribution >= 0.6 is 0 Å². The molecular weight excluding hydrogens is 285 g/mol. The average molecular weight is 307 g/mol. The van der Waals surface area contributed by atoms with E-state index in [1.165, 1.54) is 12.1 Å². The van der Waals surface area contributed by atoms with Crippen molar-refractivity contribution in [2.45, 2.75) is 44.9 Å². The van der Waals surface area contributed by atoms with Gasteiger partial charge < -0.3 is 10.4 Å². The van der Waals surface area contributed by atoms with Crippen LogP contribution in [-0.2, 0) is 15.0 Å². The number of hydrogen-bond donors (Lipinski definition) is 2. The molecule has 22 heavy (non-hydrogen) atoms. The Balaban J connectivity index is 2.03. The molecule has 0 atom stereocenters. The Labute approximate surface area is 129 Å². The molecule has 0 saturated heterocycles. The number of nitrogens with one attached hydrogen (secondary N) is 1. The Morgan fingerprint density at radius 2 is 2.05 bits per heavy atom. The molecule has 4 nitrogen and oxygen atoms in total. The minimum atomic E-state index is -0.884. The van der Waals surface area contributed by atoms with Crippen molar-refractivity contribution in [2.75, 3.05) is 6.54 Å². The summed E-state index contributed by atoms with van der Waals surface area (Å²) in [4.78, 5) is 23.6. The number of carbonyl (C=O) groups excluding carboxylic acids is 1. The first-order chi connectivity index (χ1) is 10.3. The van der Waals surface area contributed by atoms with Gasteiger partial charge in [-0.05, 0) is 50.8 Å². The number of halogens is 1. The number of hydrogen-bond acceptors (Lipinski definition) is 2. The van der Waals surface area contributed by atoms with Crippen LogP contribution < -0.4 is 5.32 Å². The molecule has 1 aliphatic rings. The van der Waals surface area contributed by atoms with Crippen molar-refractivity contribution in [2.24, 2.45) is 5.41 Å². The summed E-state index contributed by atoms with van der Waals surface area (Å²) in [6, 6.07) is 6.18. The minimum absolute atomic E-state index is 0.134. The third-order valence-electron chi connectivity index (χ3n) is 4.63. The van der Waals surface area contributed by atoms with Crippen LogP contribution in [0.2, 0.25) is 0 Å². The Kier molecular flexibility index (Phi) is 4.54. The van der Waals surface area contributed by atoms with Crippen molar-refractivity contribution < 1.29 is 19.1 Å². The molecule has 0 spiro atoms. The maximum atomic E-state index is 13.4. The van der Waals surface area contributed by atoms with Crippen LogP contribution in [-0.4, -0.2) is 23.5 Å². The summed E-state index contributed by atoms with van der Waals surface area (Å²) < 4.78 is 13.4. The Hall–Kier alpha value is -1.91. The second-order valence-electron chi connectivity index (χ2n) is 6.64. The normalized spacial score (nSPS) is 16.7. The number of benzene rings is 1. The zero-order valence-corrected chi connectivity index (χ0v) is 13.0. The van der Waals surface area contributed by atoms with Gasteiger partial charge in [0.2, 0.25) is 5.91 Å². The molecule has 1 saturated carbocycles.